The van der Waals surface area contributed by atoms with E-state index >= 15 is 0 Å². The maximum atomic E-state index is 3.50. The lowest BCUT2D eigenvalue weighted by Gasteiger charge is -2.00. The molecule has 0 aliphatic rings. The van der Waals surface area contributed by atoms with Crippen LogP contribution in [-0.2, 0) is 0 Å². The molecule has 0 amide bonds. The van der Waals surface area contributed by atoms with E-state index in [1.807, 2.05) is 25.5 Å². The van der Waals surface area contributed by atoms with Gasteiger partial charge in [-0.2, -0.15) is 0 Å². The van der Waals surface area contributed by atoms with Crippen molar-refractivity contribution in [3.05, 3.63) is 19.2 Å². The zero-order valence-corrected chi connectivity index (χ0v) is 4.31. The highest BCUT2D eigenvalue weighted by atomic mass is 15.4. The summed E-state index contributed by atoms with van der Waals surface area (Å²) in [6.45, 7) is 5.39. The van der Waals surface area contributed by atoms with Crippen molar-refractivity contribution >= 4 is 0 Å². The standard InChI is InChI=1S/C5H10N/c1-4-5-6(2)3/h4-5H,1H2,2-3H3/i2+2. The van der Waals surface area contributed by atoms with Gasteiger partial charge in [0.2, 0.25) is 0 Å². The highest BCUT2D eigenvalue weighted by Gasteiger charge is 1.76. The number of hydrogen-bond donors (Lipinski definition) is 0. The molecule has 0 bridgehead atoms. The number of likely N-dealkylation sites (N-methyl/N-ethyl adjacent to an activating group) is 1. The van der Waals surface area contributed by atoms with Crippen LogP contribution >= 0.6 is 0 Å². The maximum Gasteiger partial charge on any atom is 0.0461 e. The minimum atomic E-state index is 1.75. The number of hydrogen-bond acceptors (Lipinski definition) is 1. The smallest absolute Gasteiger partial charge is 0.0461 e. The van der Waals surface area contributed by atoms with Gasteiger partial charge in [-0.3, -0.25) is 0 Å². The summed E-state index contributed by atoms with van der Waals surface area (Å²) >= 11 is 0. The third-order valence-corrected chi connectivity index (χ3v) is 0.404. The lowest BCUT2D eigenvalue weighted by atomic mass is 10.6. The Balaban J connectivity index is 2.81. The molecule has 0 aromatic heterocycles. The van der Waals surface area contributed by atoms with E-state index in [4.69, 9.17) is 0 Å². The second-order valence-corrected chi connectivity index (χ2v) is 1.35. The molecule has 0 atom stereocenters. The quantitative estimate of drug-likeness (QED) is 0.482. The van der Waals surface area contributed by atoms with Gasteiger partial charge in [-0.1, -0.05) is 6.08 Å². The molecule has 0 heterocycles. The van der Waals surface area contributed by atoms with Crippen LogP contribution in [0, 0.1) is 6.54 Å². The molecule has 35 valence electrons. The third kappa shape index (κ3) is 3.70. The van der Waals surface area contributed by atoms with Crippen molar-refractivity contribution in [1.29, 1.82) is 0 Å². The number of rotatable bonds is 2. The van der Waals surface area contributed by atoms with Gasteiger partial charge in [0.1, 0.15) is 0 Å². The molecule has 0 unspecified atom stereocenters. The highest BCUT2D eigenvalue weighted by molar-refractivity contribution is 4.82. The fraction of sp³-hybridized carbons (Fsp3) is 0.400. The first kappa shape index (κ1) is 5.70. The van der Waals surface area contributed by atoms with E-state index < -0.39 is 0 Å². The first-order chi connectivity index (χ1) is 2.77. The summed E-state index contributed by atoms with van der Waals surface area (Å²) in [6, 6.07) is 0. The van der Waals surface area contributed by atoms with E-state index in [0.29, 0.717) is 0 Å². The van der Waals surface area contributed by atoms with Crippen LogP contribution in [0.5, 0.6) is 0 Å². The molecule has 1 radical (unpaired) electrons. The van der Waals surface area contributed by atoms with E-state index in [2.05, 4.69) is 6.58 Å². The Labute approximate surface area is 39.3 Å². The summed E-state index contributed by atoms with van der Waals surface area (Å²) in [5, 5.41) is 0. The molecule has 0 saturated heterocycles. The van der Waals surface area contributed by atoms with Crippen molar-refractivity contribution in [2.24, 2.45) is 0 Å². The van der Waals surface area contributed by atoms with Crippen molar-refractivity contribution in [3.8, 4) is 0 Å². The Bertz CT molecular complexity index is 39.2. The first-order valence-corrected chi connectivity index (χ1v) is 1.89. The van der Waals surface area contributed by atoms with Crippen LogP contribution in [0.3, 0.4) is 0 Å². The van der Waals surface area contributed by atoms with Crippen molar-refractivity contribution in [1.82, 2.24) is 4.90 Å². The van der Waals surface area contributed by atoms with Crippen molar-refractivity contribution in [3.63, 3.8) is 0 Å². The van der Waals surface area contributed by atoms with Crippen LogP contribution in [0.2, 0.25) is 0 Å². The lowest BCUT2D eigenvalue weighted by Crippen LogP contribution is -2.03. The highest BCUT2D eigenvalue weighted by Crippen LogP contribution is 1.77. The predicted molar refractivity (Wildman–Crippen MR) is 28.2 cm³/mol. The Hall–Kier alpha value is -0.300. The monoisotopic (exact) mass is 86.1 g/mol. The lowest BCUT2D eigenvalue weighted by molar-refractivity contribution is 0.522. The molecular formula is C5H10N. The van der Waals surface area contributed by atoms with Gasteiger partial charge in [-0.05, 0) is 14.1 Å². The minimum absolute atomic E-state index is 1.75. The van der Waals surface area contributed by atoms with Crippen molar-refractivity contribution < 1.29 is 0 Å². The molecule has 0 fully saturated rings. The third-order valence-electron chi connectivity index (χ3n) is 0.404. The molecule has 0 aromatic carbocycles. The van der Waals surface area contributed by atoms with Crippen molar-refractivity contribution in [2.75, 3.05) is 14.1 Å². The van der Waals surface area contributed by atoms with Crippen LogP contribution in [0.25, 0.3) is 0 Å². The molecule has 0 aliphatic carbocycles. The van der Waals surface area contributed by atoms with Crippen LogP contribution < -0.4 is 0 Å². The molecule has 0 aromatic rings. The summed E-state index contributed by atoms with van der Waals surface area (Å²) in [5.74, 6) is 0. The SMILES string of the molecule is C=C[CH]N(C)[14CH3]. The Morgan fingerprint density at radius 1 is 1.83 bits per heavy atom. The fourth-order valence-electron chi connectivity index (χ4n) is 0.211. The van der Waals surface area contributed by atoms with Gasteiger partial charge in [-0.15, -0.1) is 6.58 Å². The van der Waals surface area contributed by atoms with E-state index in [-0.39, 0.29) is 0 Å². The normalized spacial score (nSPS) is 9.17. The van der Waals surface area contributed by atoms with Gasteiger partial charge in [-0.25, -0.2) is 0 Å². The van der Waals surface area contributed by atoms with E-state index in [1.165, 1.54) is 0 Å². The van der Waals surface area contributed by atoms with E-state index in [0.717, 1.165) is 0 Å². The van der Waals surface area contributed by atoms with Gasteiger partial charge in [0.15, 0.2) is 0 Å². The summed E-state index contributed by atoms with van der Waals surface area (Å²) in [6.07, 6.45) is 1.75. The molecule has 0 saturated carbocycles. The van der Waals surface area contributed by atoms with E-state index in [1.54, 1.807) is 6.08 Å². The summed E-state index contributed by atoms with van der Waals surface area (Å²) in [4.78, 5) is 1.94. The van der Waals surface area contributed by atoms with Crippen LogP contribution in [0.15, 0.2) is 12.7 Å². The molecule has 0 rings (SSSR count). The Morgan fingerprint density at radius 3 is 2.33 bits per heavy atom. The summed E-state index contributed by atoms with van der Waals surface area (Å²) in [5.41, 5.74) is 0. The van der Waals surface area contributed by atoms with Gasteiger partial charge >= 0.3 is 0 Å². The molecule has 0 aliphatic heterocycles. The summed E-state index contributed by atoms with van der Waals surface area (Å²) in [7, 11) is 3.92. The second kappa shape index (κ2) is 2.91. The summed E-state index contributed by atoms with van der Waals surface area (Å²) < 4.78 is 0. The average Bonchev–Trinajstić information content (AvgIpc) is 1.35. The van der Waals surface area contributed by atoms with Crippen molar-refractivity contribution in [2.45, 2.75) is 0 Å². The van der Waals surface area contributed by atoms with Gasteiger partial charge in [0.05, 0.1) is 0 Å². The molecule has 6 heavy (non-hydrogen) atoms. The molecule has 0 spiro atoms. The Morgan fingerprint density at radius 2 is 2.33 bits per heavy atom. The maximum absolute atomic E-state index is 3.50. The molecule has 1 nitrogen and oxygen atoms in total. The molecule has 0 N–H and O–H groups in total. The Kier molecular flexibility index (Phi) is 2.77. The molecule has 1 heteroatoms. The fourth-order valence-corrected chi connectivity index (χ4v) is 0.211. The average molecular weight is 86.1 g/mol. The predicted octanol–water partition coefficient (Wildman–Crippen LogP) is 0.896. The van der Waals surface area contributed by atoms with Crippen LogP contribution in [-0.4, -0.2) is 19.0 Å². The van der Waals surface area contributed by atoms with Gasteiger partial charge in [0, 0.05) is 6.54 Å². The van der Waals surface area contributed by atoms with Gasteiger partial charge < -0.3 is 4.90 Å². The minimum Gasteiger partial charge on any atom is -0.301 e. The number of nitrogens with zero attached hydrogens (tertiary/aromatic N) is 1. The first-order valence-electron chi connectivity index (χ1n) is 1.89. The van der Waals surface area contributed by atoms with E-state index in [9.17, 15) is 0 Å². The largest absolute Gasteiger partial charge is 0.301 e. The van der Waals surface area contributed by atoms with Gasteiger partial charge in [0.25, 0.3) is 0 Å². The zero-order chi connectivity index (χ0) is 4.99. The second-order valence-electron chi connectivity index (χ2n) is 1.35. The topological polar surface area (TPSA) is 3.24 Å². The van der Waals surface area contributed by atoms with Crippen LogP contribution in [0.4, 0.5) is 0 Å². The zero-order valence-electron chi connectivity index (χ0n) is 4.31. The molecular weight excluding hydrogens is 76.1 g/mol. The van der Waals surface area contributed by atoms with Crippen LogP contribution in [0.1, 0.15) is 0 Å².